The van der Waals surface area contributed by atoms with E-state index in [1.807, 2.05) is 122 Å². The second-order valence-electron chi connectivity index (χ2n) is 16.6. The number of methoxy groups -OCH3 is 2. The lowest BCUT2D eigenvalue weighted by Crippen LogP contribution is -2.36. The molecular weight excluding hydrogens is 773 g/mol. The number of hydrogen-bond acceptors (Lipinski definition) is 8. The molecule has 0 amide bonds. The summed E-state index contributed by atoms with van der Waals surface area (Å²) in [7, 11) is 2.76. The summed E-state index contributed by atoms with van der Waals surface area (Å²) in [6.07, 6.45) is 7.91. The third-order valence-electron chi connectivity index (χ3n) is 13.2. The van der Waals surface area contributed by atoms with Gasteiger partial charge in [-0.25, -0.2) is 9.59 Å². The van der Waals surface area contributed by atoms with Gasteiger partial charge in [0.2, 0.25) is 0 Å². The first-order valence-electron chi connectivity index (χ1n) is 21.7. The summed E-state index contributed by atoms with van der Waals surface area (Å²) in [5.41, 5.74) is 8.02. The first kappa shape index (κ1) is 43.5. The standard InChI is InChI=1S/C54H56N2O6/c1-7-54(8-2,9-3)50(58)46(36-56-30-28-41-33-43(52(60)62-6)24-26-48(41)56)39-20-16-17-37(31-39)34-53(4,44-21-14-11-15-22-44)49(57)45(38-18-12-10-13-19-38)35-55-29-27-40-32-42(51(59)61-5)23-25-47(40)55/h10-26,31-33,35-36H,7-9,27-30,34H2,1-6H3/b45-35+,46-36+. The average Bonchev–Trinajstić information content (AvgIpc) is 3.93. The molecule has 1 atom stereocenters. The van der Waals surface area contributed by atoms with Crippen molar-refractivity contribution in [3.05, 3.63) is 178 Å². The molecule has 0 radical (unpaired) electrons. The monoisotopic (exact) mass is 828 g/mol. The topological polar surface area (TPSA) is 93.2 Å². The van der Waals surface area contributed by atoms with Crippen LogP contribution in [0.5, 0.6) is 0 Å². The van der Waals surface area contributed by atoms with Crippen LogP contribution in [-0.2, 0) is 43.7 Å². The molecule has 2 aliphatic rings. The summed E-state index contributed by atoms with van der Waals surface area (Å²) < 4.78 is 9.96. The molecule has 0 N–H and O–H groups in total. The highest BCUT2D eigenvalue weighted by atomic mass is 16.5. The highest BCUT2D eigenvalue weighted by molar-refractivity contribution is 6.26. The molecule has 0 bridgehead atoms. The maximum atomic E-state index is 15.6. The summed E-state index contributed by atoms with van der Waals surface area (Å²) in [5, 5.41) is 0. The van der Waals surface area contributed by atoms with E-state index in [9.17, 15) is 14.4 Å². The summed E-state index contributed by atoms with van der Waals surface area (Å²) in [5.74, 6) is -0.692. The number of ketones is 2. The molecule has 62 heavy (non-hydrogen) atoms. The van der Waals surface area contributed by atoms with Crippen molar-refractivity contribution in [2.24, 2.45) is 5.41 Å². The van der Waals surface area contributed by atoms with E-state index in [1.165, 1.54) is 14.2 Å². The largest absolute Gasteiger partial charge is 0.465 e. The number of nitrogens with zero attached hydrogens (tertiary/aromatic N) is 2. The third kappa shape index (κ3) is 8.51. The fraction of sp³-hybridized carbons (Fsp3) is 0.296. The minimum atomic E-state index is -1.02. The summed E-state index contributed by atoms with van der Waals surface area (Å²) in [6, 6.07) is 39.0. The Labute approximate surface area is 365 Å². The second-order valence-corrected chi connectivity index (χ2v) is 16.6. The number of benzene rings is 5. The Kier molecular flexibility index (Phi) is 13.1. The Morgan fingerprint density at radius 2 is 1.05 bits per heavy atom. The van der Waals surface area contributed by atoms with E-state index >= 15 is 4.79 Å². The van der Waals surface area contributed by atoms with Crippen LogP contribution in [-0.4, -0.2) is 50.8 Å². The molecule has 7 rings (SSSR count). The predicted octanol–water partition coefficient (Wildman–Crippen LogP) is 10.6. The Morgan fingerprint density at radius 1 is 0.565 bits per heavy atom. The molecule has 0 fully saturated rings. The second kappa shape index (κ2) is 18.6. The third-order valence-corrected chi connectivity index (χ3v) is 13.2. The SMILES string of the molecule is CCC(CC)(CC)C(=O)/C(=C/N1CCc2cc(C(=O)OC)ccc21)c1cccc(CC(C)(C(=O)/C(=C/N2CCc3cc(C(=O)OC)ccc32)c2ccccc2)c2ccccc2)c1. The van der Waals surface area contributed by atoms with E-state index in [0.717, 1.165) is 57.6 Å². The Balaban J connectivity index is 1.31. The normalized spacial score (nSPS) is 14.8. The van der Waals surface area contributed by atoms with Gasteiger partial charge in [-0.05, 0) is 115 Å². The van der Waals surface area contributed by atoms with Crippen LogP contribution in [0.2, 0.25) is 0 Å². The van der Waals surface area contributed by atoms with Gasteiger partial charge in [0, 0.05) is 53.4 Å². The van der Waals surface area contributed by atoms with Crippen molar-refractivity contribution in [2.75, 3.05) is 37.1 Å². The van der Waals surface area contributed by atoms with Gasteiger partial charge in [0.25, 0.3) is 0 Å². The number of ether oxygens (including phenoxy) is 2. The first-order chi connectivity index (χ1) is 30.0. The summed E-state index contributed by atoms with van der Waals surface area (Å²) in [6.45, 7) is 9.61. The van der Waals surface area contributed by atoms with Crippen LogP contribution < -0.4 is 9.80 Å². The lowest BCUT2D eigenvalue weighted by Gasteiger charge is -2.32. The average molecular weight is 829 g/mol. The van der Waals surface area contributed by atoms with Gasteiger partial charge in [0.1, 0.15) is 0 Å². The number of rotatable bonds is 16. The zero-order chi connectivity index (χ0) is 44.0. The van der Waals surface area contributed by atoms with Gasteiger partial charge in [-0.1, -0.05) is 106 Å². The zero-order valence-corrected chi connectivity index (χ0v) is 36.7. The molecule has 0 spiro atoms. The van der Waals surface area contributed by atoms with Crippen LogP contribution in [0.4, 0.5) is 11.4 Å². The number of esters is 2. The van der Waals surface area contributed by atoms with Gasteiger partial charge in [0.15, 0.2) is 11.6 Å². The van der Waals surface area contributed by atoms with Crippen LogP contribution in [0.15, 0.2) is 134 Å². The van der Waals surface area contributed by atoms with Crippen molar-refractivity contribution >= 4 is 46.0 Å². The van der Waals surface area contributed by atoms with Crippen LogP contribution >= 0.6 is 0 Å². The molecule has 1 unspecified atom stereocenters. The molecule has 8 nitrogen and oxygen atoms in total. The van der Waals surface area contributed by atoms with Crippen LogP contribution in [0.3, 0.4) is 0 Å². The number of anilines is 2. The Bertz CT molecular complexity index is 2530. The first-order valence-corrected chi connectivity index (χ1v) is 21.7. The lowest BCUT2D eigenvalue weighted by atomic mass is 9.70. The van der Waals surface area contributed by atoms with Gasteiger partial charge in [-0.3, -0.25) is 9.59 Å². The maximum absolute atomic E-state index is 15.6. The quantitative estimate of drug-likeness (QED) is 0.0717. The van der Waals surface area contributed by atoms with Crippen LogP contribution in [0.25, 0.3) is 11.1 Å². The molecule has 8 heteroatoms. The van der Waals surface area contributed by atoms with Gasteiger partial charge in [0.05, 0.1) is 30.8 Å². The van der Waals surface area contributed by atoms with Gasteiger partial charge < -0.3 is 19.3 Å². The molecule has 5 aromatic carbocycles. The minimum absolute atomic E-state index is 0.0336. The van der Waals surface area contributed by atoms with E-state index < -0.39 is 10.8 Å². The van der Waals surface area contributed by atoms with Crippen molar-refractivity contribution in [1.82, 2.24) is 0 Å². The highest BCUT2D eigenvalue weighted by Gasteiger charge is 2.40. The van der Waals surface area contributed by atoms with Gasteiger partial charge in [-0.15, -0.1) is 0 Å². The van der Waals surface area contributed by atoms with Crippen LogP contribution in [0, 0.1) is 5.41 Å². The van der Waals surface area contributed by atoms with E-state index in [0.29, 0.717) is 61.0 Å². The minimum Gasteiger partial charge on any atom is -0.465 e. The number of carbonyl (C=O) groups is 4. The molecule has 2 heterocycles. The molecule has 318 valence electrons. The van der Waals surface area contributed by atoms with E-state index in [1.54, 1.807) is 12.1 Å². The van der Waals surface area contributed by atoms with E-state index in [4.69, 9.17) is 9.47 Å². The van der Waals surface area contributed by atoms with Gasteiger partial charge in [-0.2, -0.15) is 0 Å². The number of fused-ring (bicyclic) bond motifs is 2. The number of carbonyl (C=O) groups excluding carboxylic acids is 4. The fourth-order valence-electron chi connectivity index (χ4n) is 9.26. The zero-order valence-electron chi connectivity index (χ0n) is 36.7. The van der Waals surface area contributed by atoms with Crippen molar-refractivity contribution in [1.29, 1.82) is 0 Å². The Morgan fingerprint density at radius 3 is 1.55 bits per heavy atom. The van der Waals surface area contributed by atoms with Crippen molar-refractivity contribution < 1.29 is 28.7 Å². The molecule has 0 saturated carbocycles. The van der Waals surface area contributed by atoms with Gasteiger partial charge >= 0.3 is 11.9 Å². The molecule has 0 saturated heterocycles. The van der Waals surface area contributed by atoms with E-state index in [-0.39, 0.29) is 23.5 Å². The lowest BCUT2D eigenvalue weighted by molar-refractivity contribution is -0.123. The molecule has 5 aromatic rings. The Hall–Kier alpha value is -6.54. The number of hydrogen-bond donors (Lipinski definition) is 0. The smallest absolute Gasteiger partial charge is 0.337 e. The molecule has 0 aliphatic carbocycles. The van der Waals surface area contributed by atoms with Crippen molar-refractivity contribution in [3.63, 3.8) is 0 Å². The summed E-state index contributed by atoms with van der Waals surface area (Å²) >= 11 is 0. The highest BCUT2D eigenvalue weighted by Crippen LogP contribution is 2.41. The number of Topliss-reactive ketones (excluding diaryl/α,β-unsaturated/α-hetero) is 2. The fourth-order valence-corrected chi connectivity index (χ4v) is 9.26. The van der Waals surface area contributed by atoms with Crippen LogP contribution in [0.1, 0.15) is 101 Å². The molecule has 0 aromatic heterocycles. The molecule has 2 aliphatic heterocycles. The van der Waals surface area contributed by atoms with Crippen molar-refractivity contribution in [3.8, 4) is 0 Å². The molecular formula is C54H56N2O6. The maximum Gasteiger partial charge on any atom is 0.337 e. The number of allylic oxidation sites excluding steroid dienone is 2. The summed E-state index contributed by atoms with van der Waals surface area (Å²) in [4.78, 5) is 59.5. The van der Waals surface area contributed by atoms with E-state index in [2.05, 4.69) is 36.6 Å². The van der Waals surface area contributed by atoms with Crippen molar-refractivity contribution in [2.45, 2.75) is 71.6 Å². The predicted molar refractivity (Wildman–Crippen MR) is 247 cm³/mol.